The lowest BCUT2D eigenvalue weighted by Crippen LogP contribution is -2.33. The Labute approximate surface area is 121 Å². The molecule has 0 fully saturated rings. The van der Waals surface area contributed by atoms with Gasteiger partial charge >= 0.3 is 0 Å². The molecule has 112 valence electrons. The number of benzene rings is 1. The number of rotatable bonds is 5. The predicted molar refractivity (Wildman–Crippen MR) is 73.1 cm³/mol. The molecular formula is C15H16FNO4. The van der Waals surface area contributed by atoms with Crippen LogP contribution in [0.4, 0.5) is 4.39 Å². The second-order valence-corrected chi connectivity index (χ2v) is 4.77. The molecule has 0 saturated carbocycles. The van der Waals surface area contributed by atoms with Crippen molar-refractivity contribution >= 4 is 11.7 Å². The van der Waals surface area contributed by atoms with Crippen LogP contribution in [0, 0.1) is 5.82 Å². The van der Waals surface area contributed by atoms with Gasteiger partial charge in [0, 0.05) is 13.7 Å². The maximum absolute atomic E-state index is 13.4. The molecule has 1 N–H and O–H groups in total. The minimum absolute atomic E-state index is 0.0123. The van der Waals surface area contributed by atoms with Crippen molar-refractivity contribution in [2.75, 3.05) is 20.3 Å². The molecule has 5 nitrogen and oxygen atoms in total. The van der Waals surface area contributed by atoms with Crippen molar-refractivity contribution in [1.29, 1.82) is 0 Å². The van der Waals surface area contributed by atoms with Gasteiger partial charge in [-0.25, -0.2) is 4.39 Å². The molecule has 21 heavy (non-hydrogen) atoms. The highest BCUT2D eigenvalue weighted by Crippen LogP contribution is 2.37. The van der Waals surface area contributed by atoms with Crippen molar-refractivity contribution < 1.29 is 23.8 Å². The first-order valence-electron chi connectivity index (χ1n) is 6.46. The van der Waals surface area contributed by atoms with Gasteiger partial charge in [-0.05, 0) is 24.6 Å². The van der Waals surface area contributed by atoms with Crippen molar-refractivity contribution in [2.45, 2.75) is 13.0 Å². The van der Waals surface area contributed by atoms with Gasteiger partial charge in [0.15, 0.2) is 11.5 Å². The van der Waals surface area contributed by atoms with Crippen molar-refractivity contribution in [3.8, 4) is 0 Å². The molecule has 1 atom stereocenters. The summed E-state index contributed by atoms with van der Waals surface area (Å²) in [7, 11) is 1.48. The Kier molecular flexibility index (Phi) is 4.37. The number of carbonyl (C=O) groups is 2. The summed E-state index contributed by atoms with van der Waals surface area (Å²) in [5, 5.41) is 9.93. The molecule has 1 aromatic rings. The number of halogens is 1. The topological polar surface area (TPSA) is 66.8 Å². The van der Waals surface area contributed by atoms with Crippen LogP contribution in [0.25, 0.3) is 0 Å². The van der Waals surface area contributed by atoms with E-state index >= 15 is 0 Å². The fraction of sp³-hybridized carbons (Fsp3) is 0.333. The highest BCUT2D eigenvalue weighted by Gasteiger charge is 2.42. The van der Waals surface area contributed by atoms with Gasteiger partial charge in [0.25, 0.3) is 5.91 Å². The molecule has 1 amide bonds. The molecule has 0 bridgehead atoms. The lowest BCUT2D eigenvalue weighted by Gasteiger charge is -2.26. The van der Waals surface area contributed by atoms with Crippen LogP contribution in [0.15, 0.2) is 35.6 Å². The van der Waals surface area contributed by atoms with E-state index in [-0.39, 0.29) is 18.7 Å². The van der Waals surface area contributed by atoms with Crippen LogP contribution >= 0.6 is 0 Å². The smallest absolute Gasteiger partial charge is 0.290 e. The zero-order valence-corrected chi connectivity index (χ0v) is 11.8. The van der Waals surface area contributed by atoms with Crippen LogP contribution in [0.1, 0.15) is 18.5 Å². The third kappa shape index (κ3) is 2.80. The van der Waals surface area contributed by atoms with Crippen molar-refractivity contribution in [3.05, 3.63) is 47.0 Å². The van der Waals surface area contributed by atoms with Gasteiger partial charge in [0.05, 0.1) is 18.2 Å². The molecule has 0 saturated heterocycles. The Morgan fingerprint density at radius 1 is 1.48 bits per heavy atom. The number of carbonyl (C=O) groups excluding carboxylic acids is 2. The van der Waals surface area contributed by atoms with E-state index < -0.39 is 29.3 Å². The largest absolute Gasteiger partial charge is 0.503 e. The monoisotopic (exact) mass is 293 g/mol. The quantitative estimate of drug-likeness (QED) is 0.898. The van der Waals surface area contributed by atoms with E-state index in [0.717, 1.165) is 0 Å². The maximum atomic E-state index is 13.4. The van der Waals surface area contributed by atoms with Gasteiger partial charge in [-0.2, -0.15) is 0 Å². The van der Waals surface area contributed by atoms with Crippen molar-refractivity contribution in [1.82, 2.24) is 4.90 Å². The number of hydrogen-bond donors (Lipinski definition) is 1. The van der Waals surface area contributed by atoms with Gasteiger partial charge < -0.3 is 14.7 Å². The zero-order valence-electron chi connectivity index (χ0n) is 11.8. The molecule has 0 spiro atoms. The molecule has 1 aromatic carbocycles. The highest BCUT2D eigenvalue weighted by atomic mass is 19.1. The molecule has 0 unspecified atom stereocenters. The fourth-order valence-electron chi connectivity index (χ4n) is 2.46. The number of ether oxygens (including phenoxy) is 1. The van der Waals surface area contributed by atoms with Crippen LogP contribution < -0.4 is 0 Å². The summed E-state index contributed by atoms with van der Waals surface area (Å²) < 4.78 is 18.4. The first kappa shape index (κ1) is 15.2. The lowest BCUT2D eigenvalue weighted by atomic mass is 9.97. The third-order valence-electron chi connectivity index (χ3n) is 3.38. The van der Waals surface area contributed by atoms with Crippen LogP contribution in [0.3, 0.4) is 0 Å². The number of aliphatic hydroxyl groups excluding tert-OH is 1. The first-order chi connectivity index (χ1) is 9.97. The Balaban J connectivity index is 2.48. The summed E-state index contributed by atoms with van der Waals surface area (Å²) in [4.78, 5) is 25.2. The second kappa shape index (κ2) is 6.05. The van der Waals surface area contributed by atoms with E-state index in [2.05, 4.69) is 0 Å². The van der Waals surface area contributed by atoms with E-state index in [1.165, 1.54) is 37.1 Å². The Morgan fingerprint density at radius 3 is 2.76 bits per heavy atom. The van der Waals surface area contributed by atoms with Crippen LogP contribution in [-0.4, -0.2) is 42.0 Å². The molecule has 0 aromatic heterocycles. The first-order valence-corrected chi connectivity index (χ1v) is 6.46. The third-order valence-corrected chi connectivity index (χ3v) is 3.38. The fourth-order valence-corrected chi connectivity index (χ4v) is 2.46. The van der Waals surface area contributed by atoms with E-state index in [1.54, 1.807) is 6.07 Å². The average molecular weight is 293 g/mol. The van der Waals surface area contributed by atoms with E-state index in [9.17, 15) is 19.1 Å². The van der Waals surface area contributed by atoms with E-state index in [4.69, 9.17) is 4.74 Å². The molecule has 1 heterocycles. The summed E-state index contributed by atoms with van der Waals surface area (Å²) in [6.45, 7) is 1.71. The number of ketones is 1. The SMILES string of the molecule is COCCN1C(=O)C(O)=C(C(C)=O)[C@H]1c1cccc(F)c1. The normalized spacial score (nSPS) is 18.5. The van der Waals surface area contributed by atoms with Crippen LogP contribution in [0.5, 0.6) is 0 Å². The zero-order chi connectivity index (χ0) is 15.6. The van der Waals surface area contributed by atoms with E-state index in [1.807, 2.05) is 0 Å². The Morgan fingerprint density at radius 2 is 2.19 bits per heavy atom. The summed E-state index contributed by atoms with van der Waals surface area (Å²) >= 11 is 0. The number of hydrogen-bond acceptors (Lipinski definition) is 4. The second-order valence-electron chi connectivity index (χ2n) is 4.77. The van der Waals surface area contributed by atoms with Crippen molar-refractivity contribution in [3.63, 3.8) is 0 Å². The van der Waals surface area contributed by atoms with Crippen LogP contribution in [0.2, 0.25) is 0 Å². The minimum atomic E-state index is -0.791. The summed E-state index contributed by atoms with van der Waals surface area (Å²) in [5.41, 5.74) is 0.426. The Hall–Kier alpha value is -2.21. The molecule has 1 aliphatic heterocycles. The number of methoxy groups -OCH3 is 1. The van der Waals surface area contributed by atoms with Gasteiger partial charge in [0.1, 0.15) is 5.82 Å². The van der Waals surface area contributed by atoms with Crippen LogP contribution in [-0.2, 0) is 14.3 Å². The molecular weight excluding hydrogens is 277 g/mol. The maximum Gasteiger partial charge on any atom is 0.290 e. The summed E-state index contributed by atoms with van der Waals surface area (Å²) in [5.74, 6) is -2.12. The van der Waals surface area contributed by atoms with Gasteiger partial charge in [0.2, 0.25) is 0 Å². The molecule has 0 aliphatic carbocycles. The standard InChI is InChI=1S/C15H16FNO4/c1-9(18)12-13(10-4-3-5-11(16)8-10)17(6-7-21-2)15(20)14(12)19/h3-5,8,13,19H,6-7H2,1-2H3/t13-/m1/s1. The van der Waals surface area contributed by atoms with Gasteiger partial charge in [-0.3, -0.25) is 9.59 Å². The van der Waals surface area contributed by atoms with Crippen molar-refractivity contribution in [2.24, 2.45) is 0 Å². The summed E-state index contributed by atoms with van der Waals surface area (Å²) in [6.07, 6.45) is 0. The number of Topliss-reactive ketones (excluding diaryl/α,β-unsaturated/α-hetero) is 1. The Bertz CT molecular complexity index is 611. The number of aliphatic hydroxyl groups is 1. The van der Waals surface area contributed by atoms with E-state index in [0.29, 0.717) is 5.56 Å². The van der Waals surface area contributed by atoms with Gasteiger partial charge in [-0.1, -0.05) is 12.1 Å². The lowest BCUT2D eigenvalue weighted by molar-refractivity contribution is -0.130. The van der Waals surface area contributed by atoms with Gasteiger partial charge in [-0.15, -0.1) is 0 Å². The summed E-state index contributed by atoms with van der Waals surface area (Å²) in [6, 6.07) is 4.84. The molecule has 0 radical (unpaired) electrons. The number of amides is 1. The molecule has 2 rings (SSSR count). The molecule has 1 aliphatic rings. The molecule has 6 heteroatoms. The predicted octanol–water partition coefficient (Wildman–Crippen LogP) is 1.76. The average Bonchev–Trinajstić information content (AvgIpc) is 2.69. The highest BCUT2D eigenvalue weighted by molar-refractivity contribution is 6.08. The number of nitrogens with zero attached hydrogens (tertiary/aromatic N) is 1. The minimum Gasteiger partial charge on any atom is -0.503 e.